The molecule has 0 unspecified atom stereocenters. The molecule has 8 heteroatoms. The van der Waals surface area contributed by atoms with Crippen LogP contribution in [0.1, 0.15) is 17.5 Å². The van der Waals surface area contributed by atoms with Crippen LogP contribution in [0, 0.1) is 6.92 Å². The summed E-state index contributed by atoms with van der Waals surface area (Å²) in [5.41, 5.74) is 3.04. The Balaban J connectivity index is 1.56. The molecular weight excluding hydrogens is 458 g/mol. The van der Waals surface area contributed by atoms with Crippen molar-refractivity contribution in [1.29, 1.82) is 0 Å². The number of methoxy groups -OCH3 is 2. The Morgan fingerprint density at radius 2 is 1.61 bits per heavy atom. The number of nitrogens with zero attached hydrogens (tertiary/aromatic N) is 2. The molecule has 3 aromatic carbocycles. The molecule has 8 nitrogen and oxygen atoms in total. The quantitative estimate of drug-likeness (QED) is 0.452. The fourth-order valence-electron chi connectivity index (χ4n) is 4.21. The second-order valence-corrected chi connectivity index (χ2v) is 8.56. The summed E-state index contributed by atoms with van der Waals surface area (Å²) in [6, 6.07) is 20.4. The number of rotatable bonds is 9. The molecule has 0 bridgehead atoms. The van der Waals surface area contributed by atoms with Crippen molar-refractivity contribution in [3.8, 4) is 11.5 Å². The second-order valence-electron chi connectivity index (χ2n) is 8.56. The van der Waals surface area contributed by atoms with E-state index in [1.165, 1.54) is 4.90 Å². The monoisotopic (exact) mass is 487 g/mol. The Labute approximate surface area is 210 Å². The third-order valence-corrected chi connectivity index (χ3v) is 6.14. The van der Waals surface area contributed by atoms with Crippen LogP contribution >= 0.6 is 0 Å². The molecule has 1 heterocycles. The number of hydrogen-bond acceptors (Lipinski definition) is 5. The van der Waals surface area contributed by atoms with E-state index >= 15 is 0 Å². The molecular formula is C28H29N3O5. The average Bonchev–Trinajstić information content (AvgIpc) is 3.12. The van der Waals surface area contributed by atoms with Crippen LogP contribution in [-0.4, -0.2) is 49.6 Å². The number of nitrogens with one attached hydrogen (secondary N) is 1. The first-order valence-electron chi connectivity index (χ1n) is 11.7. The first kappa shape index (κ1) is 24.8. The van der Waals surface area contributed by atoms with Gasteiger partial charge in [0.05, 0.1) is 26.3 Å². The van der Waals surface area contributed by atoms with Crippen molar-refractivity contribution in [1.82, 2.24) is 4.90 Å². The molecule has 3 aromatic rings. The molecule has 1 aliphatic rings. The fourth-order valence-corrected chi connectivity index (χ4v) is 4.21. The van der Waals surface area contributed by atoms with Crippen LogP contribution in [-0.2, 0) is 16.0 Å². The van der Waals surface area contributed by atoms with Gasteiger partial charge in [-0.1, -0.05) is 42.0 Å². The van der Waals surface area contributed by atoms with Crippen LogP contribution in [0.2, 0.25) is 0 Å². The lowest BCUT2D eigenvalue weighted by molar-refractivity contribution is -0.124. The number of carbonyl (C=O) groups is 3. The summed E-state index contributed by atoms with van der Waals surface area (Å²) in [6.07, 6.45) is 0.325. The van der Waals surface area contributed by atoms with E-state index in [0.29, 0.717) is 29.3 Å². The lowest BCUT2D eigenvalue weighted by Gasteiger charge is -2.22. The van der Waals surface area contributed by atoms with Gasteiger partial charge in [-0.2, -0.15) is 0 Å². The van der Waals surface area contributed by atoms with Gasteiger partial charge in [-0.3, -0.25) is 9.59 Å². The SMILES string of the molecule is COc1ccc(CCN2C(=O)N(c3ccc(C)cc3)C(=O)[C@H]2CC(=O)Nc2ccccc2)cc1OC. The lowest BCUT2D eigenvalue weighted by atomic mass is 10.1. The summed E-state index contributed by atoms with van der Waals surface area (Å²) in [6.45, 7) is 2.19. The molecule has 186 valence electrons. The minimum Gasteiger partial charge on any atom is -0.493 e. The number of para-hydroxylation sites is 1. The van der Waals surface area contributed by atoms with Gasteiger partial charge in [0.15, 0.2) is 11.5 Å². The number of imide groups is 1. The number of carbonyl (C=O) groups excluding carboxylic acids is 3. The maximum Gasteiger partial charge on any atom is 0.332 e. The van der Waals surface area contributed by atoms with Crippen molar-refractivity contribution < 1.29 is 23.9 Å². The molecule has 1 atom stereocenters. The topological polar surface area (TPSA) is 88.2 Å². The summed E-state index contributed by atoms with van der Waals surface area (Å²) in [4.78, 5) is 42.4. The lowest BCUT2D eigenvalue weighted by Crippen LogP contribution is -2.39. The number of hydrogen-bond donors (Lipinski definition) is 1. The largest absolute Gasteiger partial charge is 0.493 e. The molecule has 0 aliphatic carbocycles. The van der Waals surface area contributed by atoms with Crippen LogP contribution in [0.3, 0.4) is 0 Å². The third-order valence-electron chi connectivity index (χ3n) is 6.14. The van der Waals surface area contributed by atoms with Gasteiger partial charge < -0.3 is 19.7 Å². The smallest absolute Gasteiger partial charge is 0.332 e. The average molecular weight is 488 g/mol. The van der Waals surface area contributed by atoms with Gasteiger partial charge in [-0.15, -0.1) is 0 Å². The minimum atomic E-state index is -0.914. The van der Waals surface area contributed by atoms with Gasteiger partial charge in [-0.05, 0) is 55.3 Å². The van der Waals surface area contributed by atoms with E-state index in [2.05, 4.69) is 5.32 Å². The zero-order valence-electron chi connectivity index (χ0n) is 20.6. The van der Waals surface area contributed by atoms with E-state index in [9.17, 15) is 14.4 Å². The van der Waals surface area contributed by atoms with Gasteiger partial charge in [0, 0.05) is 12.2 Å². The normalized spacial score (nSPS) is 15.2. The molecule has 1 N–H and O–H groups in total. The van der Waals surface area contributed by atoms with E-state index in [1.807, 2.05) is 49.4 Å². The number of amides is 4. The van der Waals surface area contributed by atoms with Gasteiger partial charge in [-0.25, -0.2) is 9.69 Å². The molecule has 1 fully saturated rings. The molecule has 0 spiro atoms. The van der Waals surface area contributed by atoms with Crippen molar-refractivity contribution in [2.45, 2.75) is 25.8 Å². The highest BCUT2D eigenvalue weighted by Gasteiger charge is 2.46. The van der Waals surface area contributed by atoms with Crippen molar-refractivity contribution in [3.63, 3.8) is 0 Å². The molecule has 36 heavy (non-hydrogen) atoms. The molecule has 0 saturated carbocycles. The van der Waals surface area contributed by atoms with Gasteiger partial charge in [0.25, 0.3) is 5.91 Å². The molecule has 1 saturated heterocycles. The highest BCUT2D eigenvalue weighted by atomic mass is 16.5. The van der Waals surface area contributed by atoms with Crippen LogP contribution < -0.4 is 19.7 Å². The predicted molar refractivity (Wildman–Crippen MR) is 137 cm³/mol. The number of ether oxygens (including phenoxy) is 2. The van der Waals surface area contributed by atoms with E-state index in [-0.39, 0.29) is 18.9 Å². The molecule has 4 amide bonds. The number of urea groups is 1. The Morgan fingerprint density at radius 1 is 0.917 bits per heavy atom. The first-order chi connectivity index (χ1) is 17.4. The molecule has 0 aromatic heterocycles. The first-order valence-corrected chi connectivity index (χ1v) is 11.7. The second kappa shape index (κ2) is 10.9. The summed E-state index contributed by atoms with van der Waals surface area (Å²) in [5, 5.41) is 2.81. The van der Waals surface area contributed by atoms with Gasteiger partial charge in [0.1, 0.15) is 6.04 Å². The fraction of sp³-hybridized carbons (Fsp3) is 0.250. The van der Waals surface area contributed by atoms with Gasteiger partial charge in [0.2, 0.25) is 5.91 Å². The van der Waals surface area contributed by atoms with Crippen molar-refractivity contribution in [2.24, 2.45) is 0 Å². The van der Waals surface area contributed by atoms with Crippen LogP contribution in [0.25, 0.3) is 0 Å². The van der Waals surface area contributed by atoms with Crippen LogP contribution in [0.4, 0.5) is 16.2 Å². The minimum absolute atomic E-state index is 0.145. The number of anilines is 2. The van der Waals surface area contributed by atoms with Crippen LogP contribution in [0.15, 0.2) is 72.8 Å². The van der Waals surface area contributed by atoms with E-state index < -0.39 is 18.0 Å². The number of aryl methyl sites for hydroxylation is 1. The zero-order chi connectivity index (χ0) is 25.7. The predicted octanol–water partition coefficient (Wildman–Crippen LogP) is 4.42. The zero-order valence-corrected chi connectivity index (χ0v) is 20.6. The third kappa shape index (κ3) is 5.33. The highest BCUT2D eigenvalue weighted by molar-refractivity contribution is 6.22. The van der Waals surface area contributed by atoms with Crippen molar-refractivity contribution in [2.75, 3.05) is 31.0 Å². The van der Waals surface area contributed by atoms with E-state index in [4.69, 9.17) is 9.47 Å². The molecule has 1 aliphatic heterocycles. The summed E-state index contributed by atoms with van der Waals surface area (Å²) in [7, 11) is 3.13. The van der Waals surface area contributed by atoms with Crippen molar-refractivity contribution >= 4 is 29.2 Å². The highest BCUT2D eigenvalue weighted by Crippen LogP contribution is 2.30. The summed E-state index contributed by atoms with van der Waals surface area (Å²) in [5.74, 6) is 0.433. The summed E-state index contributed by atoms with van der Waals surface area (Å²) < 4.78 is 10.7. The Morgan fingerprint density at radius 3 is 2.28 bits per heavy atom. The Kier molecular flexibility index (Phi) is 7.53. The van der Waals surface area contributed by atoms with E-state index in [0.717, 1.165) is 16.0 Å². The van der Waals surface area contributed by atoms with Gasteiger partial charge >= 0.3 is 6.03 Å². The maximum absolute atomic E-state index is 13.5. The van der Waals surface area contributed by atoms with Crippen LogP contribution in [0.5, 0.6) is 11.5 Å². The maximum atomic E-state index is 13.5. The number of benzene rings is 3. The standard InChI is InChI=1S/C28H29N3O5/c1-19-9-12-22(13-10-19)31-27(33)23(18-26(32)29-21-7-5-4-6-8-21)30(28(31)34)16-15-20-11-14-24(35-2)25(17-20)36-3/h4-14,17,23H,15-16,18H2,1-3H3,(H,29,32)/t23-/m1/s1. The summed E-state index contributed by atoms with van der Waals surface area (Å²) >= 11 is 0. The Hall–Kier alpha value is -4.33. The Bertz CT molecular complexity index is 1240. The van der Waals surface area contributed by atoms with E-state index in [1.54, 1.807) is 44.6 Å². The molecule has 4 rings (SSSR count). The molecule has 0 radical (unpaired) electrons. The van der Waals surface area contributed by atoms with Crippen molar-refractivity contribution in [3.05, 3.63) is 83.9 Å².